The summed E-state index contributed by atoms with van der Waals surface area (Å²) in [7, 11) is 0. The summed E-state index contributed by atoms with van der Waals surface area (Å²) in [6.45, 7) is 2.98. The van der Waals surface area contributed by atoms with Crippen LogP contribution in [0, 0.1) is 11.3 Å². The number of benzene rings is 3. The molecule has 3 atom stereocenters. The fourth-order valence-corrected chi connectivity index (χ4v) is 6.83. The minimum atomic E-state index is -0.678. The molecule has 6 heteroatoms. The van der Waals surface area contributed by atoms with E-state index >= 15 is 0 Å². The molecule has 3 heterocycles. The monoisotopic (exact) mass is 547 g/mol. The summed E-state index contributed by atoms with van der Waals surface area (Å²) in [6, 6.07) is 24.7. The van der Waals surface area contributed by atoms with E-state index in [1.807, 2.05) is 31.2 Å². The maximum Gasteiger partial charge on any atom is 0.261 e. The smallest absolute Gasteiger partial charge is 0.261 e. The molecule has 1 saturated heterocycles. The molecule has 3 aliphatic heterocycles. The quantitative estimate of drug-likeness (QED) is 0.357. The lowest BCUT2D eigenvalue weighted by molar-refractivity contribution is -0.125. The van der Waals surface area contributed by atoms with Crippen molar-refractivity contribution in [3.05, 3.63) is 93.4 Å². The summed E-state index contributed by atoms with van der Waals surface area (Å²) in [5, 5.41) is 7.11. The van der Waals surface area contributed by atoms with E-state index in [0.29, 0.717) is 17.4 Å². The van der Waals surface area contributed by atoms with Crippen LogP contribution in [0.3, 0.4) is 0 Å². The zero-order chi connectivity index (χ0) is 24.2. The Morgan fingerprint density at radius 3 is 2.63 bits per heavy atom. The molecule has 1 fully saturated rings. The minimum absolute atomic E-state index is 0.0679. The standard InChI is InChI=1S/C29H27BrClN3O/c1-19-29(28(35)34(32-19)25-10-8-24(31)9-11-25)18-22-17-23(30)7-12-26(22)33-14-13-21(16-27(29)33)15-20-5-3-2-4-6-20/h2-12,17,21,27H,13-16,18H2,1H3/t21-,27+,29+/m0/s1. The molecule has 1 amide bonds. The van der Waals surface area contributed by atoms with Crippen LogP contribution in [0.2, 0.25) is 5.02 Å². The van der Waals surface area contributed by atoms with Crippen LogP contribution >= 0.6 is 27.5 Å². The largest absolute Gasteiger partial charge is 0.367 e. The molecule has 3 aromatic rings. The van der Waals surface area contributed by atoms with Gasteiger partial charge < -0.3 is 4.90 Å². The first-order valence-electron chi connectivity index (χ1n) is 12.2. The Hall–Kier alpha value is -2.63. The van der Waals surface area contributed by atoms with E-state index in [4.69, 9.17) is 16.7 Å². The number of hydrazone groups is 1. The maximum atomic E-state index is 14.3. The molecule has 3 aliphatic rings. The normalized spacial score (nSPS) is 25.5. The van der Waals surface area contributed by atoms with Crippen LogP contribution in [0.15, 0.2) is 82.4 Å². The summed E-state index contributed by atoms with van der Waals surface area (Å²) in [5.41, 5.74) is 4.82. The van der Waals surface area contributed by atoms with Gasteiger partial charge in [-0.3, -0.25) is 4.79 Å². The van der Waals surface area contributed by atoms with Crippen molar-refractivity contribution in [1.29, 1.82) is 0 Å². The van der Waals surface area contributed by atoms with Crippen LogP contribution in [0.5, 0.6) is 0 Å². The number of amides is 1. The van der Waals surface area contributed by atoms with Gasteiger partial charge in [-0.1, -0.05) is 57.9 Å². The highest BCUT2D eigenvalue weighted by Gasteiger charge is 2.59. The van der Waals surface area contributed by atoms with Crippen molar-refractivity contribution in [3.63, 3.8) is 0 Å². The Morgan fingerprint density at radius 2 is 1.86 bits per heavy atom. The van der Waals surface area contributed by atoms with Crippen LogP contribution in [-0.2, 0) is 17.6 Å². The van der Waals surface area contributed by atoms with Gasteiger partial charge in [0.25, 0.3) is 5.91 Å². The third kappa shape index (κ3) is 3.80. The second kappa shape index (κ2) is 8.79. The molecule has 178 valence electrons. The summed E-state index contributed by atoms with van der Waals surface area (Å²) in [4.78, 5) is 16.8. The number of hydrogen-bond donors (Lipinski definition) is 0. The van der Waals surface area contributed by atoms with E-state index in [2.05, 4.69) is 69.4 Å². The fraction of sp³-hybridized carbons (Fsp3) is 0.310. The number of hydrogen-bond acceptors (Lipinski definition) is 3. The Bertz CT molecular complexity index is 1310. The van der Waals surface area contributed by atoms with Crippen molar-refractivity contribution in [2.45, 2.75) is 38.6 Å². The van der Waals surface area contributed by atoms with Crippen molar-refractivity contribution < 1.29 is 4.79 Å². The Kier molecular flexibility index (Phi) is 5.73. The molecule has 0 radical (unpaired) electrons. The third-order valence-corrected chi connectivity index (χ3v) is 8.75. The molecular weight excluding hydrogens is 522 g/mol. The Labute approximate surface area is 219 Å². The van der Waals surface area contributed by atoms with Gasteiger partial charge >= 0.3 is 0 Å². The zero-order valence-corrected chi connectivity index (χ0v) is 22.0. The molecule has 35 heavy (non-hydrogen) atoms. The average Bonchev–Trinajstić information content (AvgIpc) is 3.10. The second-order valence-corrected chi connectivity index (χ2v) is 11.3. The fourth-order valence-electron chi connectivity index (χ4n) is 6.29. The van der Waals surface area contributed by atoms with Gasteiger partial charge in [0.05, 0.1) is 11.4 Å². The number of halogens is 2. The molecule has 6 rings (SSSR count). The first kappa shape index (κ1) is 22.8. The first-order chi connectivity index (χ1) is 17.0. The summed E-state index contributed by atoms with van der Waals surface area (Å²) < 4.78 is 1.04. The van der Waals surface area contributed by atoms with Crippen LogP contribution in [0.4, 0.5) is 11.4 Å². The number of nitrogens with zero attached hydrogens (tertiary/aromatic N) is 3. The number of fused-ring (bicyclic) bond motifs is 4. The molecule has 0 aliphatic carbocycles. The Balaban J connectivity index is 1.41. The highest BCUT2D eigenvalue weighted by molar-refractivity contribution is 9.10. The van der Waals surface area contributed by atoms with Crippen molar-refractivity contribution in [3.8, 4) is 0 Å². The van der Waals surface area contributed by atoms with Crippen molar-refractivity contribution in [1.82, 2.24) is 0 Å². The van der Waals surface area contributed by atoms with E-state index in [0.717, 1.165) is 41.7 Å². The molecule has 4 nitrogen and oxygen atoms in total. The van der Waals surface area contributed by atoms with Crippen molar-refractivity contribution in [2.24, 2.45) is 16.4 Å². The van der Waals surface area contributed by atoms with Gasteiger partial charge in [0.15, 0.2) is 0 Å². The number of carbonyl (C=O) groups excluding carboxylic acids is 1. The summed E-state index contributed by atoms with van der Waals surface area (Å²) in [5.74, 6) is 0.594. The van der Waals surface area contributed by atoms with Gasteiger partial charge in [-0.2, -0.15) is 10.1 Å². The van der Waals surface area contributed by atoms with Gasteiger partial charge in [-0.25, -0.2) is 0 Å². The van der Waals surface area contributed by atoms with Crippen LogP contribution in [-0.4, -0.2) is 24.2 Å². The zero-order valence-electron chi connectivity index (χ0n) is 19.6. The highest BCUT2D eigenvalue weighted by atomic mass is 79.9. The Morgan fingerprint density at radius 1 is 1.09 bits per heavy atom. The van der Waals surface area contributed by atoms with E-state index in [1.54, 1.807) is 5.01 Å². The molecule has 0 N–H and O–H groups in total. The SMILES string of the molecule is CC1=NN(c2ccc(Cl)cc2)C(=O)[C@]12Cc1cc(Br)ccc1N1CC[C@@H](Cc3ccccc3)C[C@@H]12. The number of piperidine rings is 1. The van der Waals surface area contributed by atoms with E-state index in [-0.39, 0.29) is 11.9 Å². The number of rotatable bonds is 3. The topological polar surface area (TPSA) is 35.9 Å². The maximum absolute atomic E-state index is 14.3. The van der Waals surface area contributed by atoms with E-state index in [1.165, 1.54) is 16.8 Å². The molecule has 3 aromatic carbocycles. The third-order valence-electron chi connectivity index (χ3n) is 8.01. The minimum Gasteiger partial charge on any atom is -0.367 e. The van der Waals surface area contributed by atoms with E-state index in [9.17, 15) is 4.79 Å². The first-order valence-corrected chi connectivity index (χ1v) is 13.4. The lowest BCUT2D eigenvalue weighted by Crippen LogP contribution is -2.62. The number of anilines is 2. The highest BCUT2D eigenvalue weighted by Crippen LogP contribution is 2.51. The molecule has 0 aromatic heterocycles. The predicted molar refractivity (Wildman–Crippen MR) is 146 cm³/mol. The van der Waals surface area contributed by atoms with E-state index < -0.39 is 5.41 Å². The van der Waals surface area contributed by atoms with Gasteiger partial charge in [0.1, 0.15) is 5.41 Å². The predicted octanol–water partition coefficient (Wildman–Crippen LogP) is 6.90. The van der Waals surface area contributed by atoms with Crippen LogP contribution in [0.25, 0.3) is 0 Å². The average molecular weight is 549 g/mol. The lowest BCUT2D eigenvalue weighted by atomic mass is 9.64. The summed E-state index contributed by atoms with van der Waals surface area (Å²) >= 11 is 9.77. The van der Waals surface area contributed by atoms with Gasteiger partial charge in [-0.15, -0.1) is 0 Å². The molecule has 0 unspecified atom stereocenters. The lowest BCUT2D eigenvalue weighted by Gasteiger charge is -2.52. The van der Waals surface area contributed by atoms with Crippen LogP contribution in [0.1, 0.15) is 30.9 Å². The molecule has 1 spiro atoms. The van der Waals surface area contributed by atoms with Gasteiger partial charge in [-0.05, 0) is 92.1 Å². The summed E-state index contributed by atoms with van der Waals surface area (Å²) in [6.07, 6.45) is 3.79. The van der Waals surface area contributed by atoms with Crippen molar-refractivity contribution in [2.75, 3.05) is 16.5 Å². The van der Waals surface area contributed by atoms with Gasteiger partial charge in [0, 0.05) is 27.8 Å². The molecule has 0 bridgehead atoms. The second-order valence-electron chi connectivity index (χ2n) is 9.99. The number of carbonyl (C=O) groups is 1. The van der Waals surface area contributed by atoms with Crippen LogP contribution < -0.4 is 9.91 Å². The molecular formula is C29H27BrClN3O. The molecule has 0 saturated carbocycles. The van der Waals surface area contributed by atoms with Gasteiger partial charge in [0.2, 0.25) is 0 Å². The van der Waals surface area contributed by atoms with Crippen molar-refractivity contribution >= 4 is 50.5 Å².